The van der Waals surface area contributed by atoms with E-state index in [0.717, 1.165) is 11.3 Å². The highest BCUT2D eigenvalue weighted by Crippen LogP contribution is 2.06. The smallest absolute Gasteiger partial charge is 0.0564 e. The molecule has 58 valence electrons. The molecular formula is C8H11N3. The highest BCUT2D eigenvalue weighted by Gasteiger charge is 1.97. The maximum Gasteiger partial charge on any atom is 0.0564 e. The van der Waals surface area contributed by atoms with Crippen LogP contribution in [0, 0.1) is 12.3 Å². The molecule has 0 atom stereocenters. The predicted octanol–water partition coefficient (Wildman–Crippen LogP) is 1.39. The molecule has 0 unspecified atom stereocenters. The molecule has 1 aromatic rings. The Bertz CT molecular complexity index is 284. The Morgan fingerprint density at radius 3 is 2.82 bits per heavy atom. The van der Waals surface area contributed by atoms with Crippen LogP contribution in [0.2, 0.25) is 0 Å². The second-order valence-corrected chi connectivity index (χ2v) is 2.33. The van der Waals surface area contributed by atoms with Crippen molar-refractivity contribution in [2.75, 3.05) is 0 Å². The fourth-order valence-electron chi connectivity index (χ4n) is 0.831. The van der Waals surface area contributed by atoms with E-state index in [2.05, 4.69) is 5.10 Å². The van der Waals surface area contributed by atoms with Gasteiger partial charge in [0.15, 0.2) is 0 Å². The molecule has 0 fully saturated rings. The lowest BCUT2D eigenvalue weighted by Crippen LogP contribution is -1.92. The van der Waals surface area contributed by atoms with Crippen LogP contribution in [0.25, 0.3) is 6.08 Å². The van der Waals surface area contributed by atoms with Crippen LogP contribution in [0.5, 0.6) is 0 Å². The van der Waals surface area contributed by atoms with Crippen molar-refractivity contribution < 1.29 is 0 Å². The Labute approximate surface area is 65.9 Å². The molecule has 1 heterocycles. The van der Waals surface area contributed by atoms with E-state index >= 15 is 0 Å². The molecule has 1 aromatic heterocycles. The molecule has 11 heavy (non-hydrogen) atoms. The van der Waals surface area contributed by atoms with E-state index in [0.29, 0.717) is 0 Å². The molecule has 0 aliphatic carbocycles. The molecule has 0 spiro atoms. The largest absolute Gasteiger partial charge is 0.309 e. The summed E-state index contributed by atoms with van der Waals surface area (Å²) < 4.78 is 1.81. The zero-order valence-corrected chi connectivity index (χ0v) is 6.70. The average molecular weight is 149 g/mol. The SMILES string of the molecule is Cc1c(C=CC=N)cnn1C. The van der Waals surface area contributed by atoms with E-state index in [1.807, 2.05) is 24.7 Å². The average Bonchev–Trinajstić information content (AvgIpc) is 2.31. The highest BCUT2D eigenvalue weighted by atomic mass is 15.3. The lowest BCUT2D eigenvalue weighted by Gasteiger charge is -1.92. The third-order valence-electron chi connectivity index (χ3n) is 1.65. The molecule has 3 nitrogen and oxygen atoms in total. The molecule has 0 amide bonds. The Kier molecular flexibility index (Phi) is 2.21. The van der Waals surface area contributed by atoms with Crippen molar-refractivity contribution >= 4 is 12.3 Å². The standard InChI is InChI=1S/C8H11N3/c1-7-8(4-3-5-9)6-10-11(7)2/h3-6,9H,1-2H3. The zero-order valence-electron chi connectivity index (χ0n) is 6.70. The second-order valence-electron chi connectivity index (χ2n) is 2.33. The van der Waals surface area contributed by atoms with E-state index < -0.39 is 0 Å². The van der Waals surface area contributed by atoms with Gasteiger partial charge in [-0.3, -0.25) is 4.68 Å². The van der Waals surface area contributed by atoms with Crippen LogP contribution in [0.4, 0.5) is 0 Å². The maximum absolute atomic E-state index is 6.79. The van der Waals surface area contributed by atoms with Gasteiger partial charge in [0.1, 0.15) is 0 Å². The number of nitrogens with one attached hydrogen (secondary N) is 1. The summed E-state index contributed by atoms with van der Waals surface area (Å²) in [5.74, 6) is 0. The number of aromatic nitrogens is 2. The summed E-state index contributed by atoms with van der Waals surface area (Å²) in [6.07, 6.45) is 6.60. The van der Waals surface area contributed by atoms with Gasteiger partial charge in [-0.1, -0.05) is 6.08 Å². The number of aryl methyl sites for hydroxylation is 1. The lowest BCUT2D eigenvalue weighted by atomic mass is 10.2. The van der Waals surface area contributed by atoms with Crippen LogP contribution in [-0.2, 0) is 7.05 Å². The van der Waals surface area contributed by atoms with Gasteiger partial charge < -0.3 is 5.41 Å². The Morgan fingerprint density at radius 2 is 2.36 bits per heavy atom. The molecule has 0 bridgehead atoms. The minimum atomic E-state index is 1.07. The van der Waals surface area contributed by atoms with Gasteiger partial charge in [-0.25, -0.2) is 0 Å². The van der Waals surface area contributed by atoms with Crippen LogP contribution in [0.15, 0.2) is 12.3 Å². The van der Waals surface area contributed by atoms with Gasteiger partial charge in [0, 0.05) is 24.5 Å². The first-order valence-corrected chi connectivity index (χ1v) is 3.41. The number of nitrogens with zero attached hydrogens (tertiary/aromatic N) is 2. The first-order valence-electron chi connectivity index (χ1n) is 3.41. The number of hydrogen-bond acceptors (Lipinski definition) is 2. The Hall–Kier alpha value is -1.38. The minimum Gasteiger partial charge on any atom is -0.309 e. The Morgan fingerprint density at radius 1 is 1.64 bits per heavy atom. The monoisotopic (exact) mass is 149 g/mol. The van der Waals surface area contributed by atoms with E-state index in [4.69, 9.17) is 5.41 Å². The highest BCUT2D eigenvalue weighted by molar-refractivity contribution is 5.76. The van der Waals surface area contributed by atoms with Crippen LogP contribution in [0.1, 0.15) is 11.3 Å². The minimum absolute atomic E-state index is 1.07. The molecular weight excluding hydrogens is 138 g/mol. The first kappa shape index (κ1) is 7.72. The molecule has 0 radical (unpaired) electrons. The van der Waals surface area contributed by atoms with E-state index in [-0.39, 0.29) is 0 Å². The molecule has 0 aliphatic rings. The van der Waals surface area contributed by atoms with Gasteiger partial charge in [-0.05, 0) is 13.0 Å². The van der Waals surface area contributed by atoms with E-state index in [9.17, 15) is 0 Å². The summed E-state index contributed by atoms with van der Waals surface area (Å²) in [5, 5.41) is 10.8. The van der Waals surface area contributed by atoms with Crippen LogP contribution >= 0.6 is 0 Å². The lowest BCUT2D eigenvalue weighted by molar-refractivity contribution is 0.740. The van der Waals surface area contributed by atoms with Gasteiger partial charge in [-0.2, -0.15) is 5.10 Å². The molecule has 1 rings (SSSR count). The van der Waals surface area contributed by atoms with Crippen molar-refractivity contribution in [3.63, 3.8) is 0 Å². The summed E-state index contributed by atoms with van der Waals surface area (Å²) in [6, 6.07) is 0. The van der Waals surface area contributed by atoms with Crippen molar-refractivity contribution in [1.82, 2.24) is 9.78 Å². The van der Waals surface area contributed by atoms with E-state index in [1.165, 1.54) is 6.21 Å². The summed E-state index contributed by atoms with van der Waals surface area (Å²) in [4.78, 5) is 0. The third kappa shape index (κ3) is 1.55. The third-order valence-corrected chi connectivity index (χ3v) is 1.65. The van der Waals surface area contributed by atoms with Gasteiger partial charge in [0.25, 0.3) is 0 Å². The van der Waals surface area contributed by atoms with Crippen LogP contribution in [0.3, 0.4) is 0 Å². The molecule has 0 aliphatic heterocycles. The summed E-state index contributed by atoms with van der Waals surface area (Å²) >= 11 is 0. The molecule has 0 saturated carbocycles. The van der Waals surface area contributed by atoms with Crippen molar-refractivity contribution in [2.45, 2.75) is 6.92 Å². The predicted molar refractivity (Wildman–Crippen MR) is 45.8 cm³/mol. The fourth-order valence-corrected chi connectivity index (χ4v) is 0.831. The molecule has 0 aromatic carbocycles. The fraction of sp³-hybridized carbons (Fsp3) is 0.250. The number of allylic oxidation sites excluding steroid dienone is 1. The van der Waals surface area contributed by atoms with Gasteiger partial charge in [0.2, 0.25) is 0 Å². The quantitative estimate of drug-likeness (QED) is 0.634. The van der Waals surface area contributed by atoms with Crippen molar-refractivity contribution in [3.8, 4) is 0 Å². The first-order chi connectivity index (χ1) is 5.25. The zero-order chi connectivity index (χ0) is 8.27. The topological polar surface area (TPSA) is 41.7 Å². The number of hydrogen-bond donors (Lipinski definition) is 1. The van der Waals surface area contributed by atoms with Crippen molar-refractivity contribution in [1.29, 1.82) is 5.41 Å². The van der Waals surface area contributed by atoms with Gasteiger partial charge >= 0.3 is 0 Å². The summed E-state index contributed by atoms with van der Waals surface area (Å²) in [7, 11) is 1.90. The van der Waals surface area contributed by atoms with Crippen molar-refractivity contribution in [3.05, 3.63) is 23.5 Å². The molecule has 3 heteroatoms. The summed E-state index contributed by atoms with van der Waals surface area (Å²) in [5.41, 5.74) is 2.18. The van der Waals surface area contributed by atoms with Crippen molar-refractivity contribution in [2.24, 2.45) is 7.05 Å². The normalized spacial score (nSPS) is 10.7. The molecule has 1 N–H and O–H groups in total. The van der Waals surface area contributed by atoms with E-state index in [1.54, 1.807) is 12.3 Å². The van der Waals surface area contributed by atoms with Gasteiger partial charge in [-0.15, -0.1) is 0 Å². The van der Waals surface area contributed by atoms with Crippen LogP contribution in [-0.4, -0.2) is 16.0 Å². The second kappa shape index (κ2) is 3.14. The van der Waals surface area contributed by atoms with Gasteiger partial charge in [0.05, 0.1) is 6.20 Å². The molecule has 0 saturated heterocycles. The Balaban J connectivity index is 2.95. The van der Waals surface area contributed by atoms with Crippen LogP contribution < -0.4 is 0 Å². The number of rotatable bonds is 2. The maximum atomic E-state index is 6.79. The summed E-state index contributed by atoms with van der Waals surface area (Å²) in [6.45, 7) is 2.00.